The highest BCUT2D eigenvalue weighted by Gasteiger charge is 2.35. The van der Waals surface area contributed by atoms with E-state index in [9.17, 15) is 14.4 Å². The van der Waals surface area contributed by atoms with Gasteiger partial charge in [-0.25, -0.2) is 0 Å². The number of carbonyl (C=O) groups excluding carboxylic acids is 3. The van der Waals surface area contributed by atoms with E-state index in [1.54, 1.807) is 33.8 Å². The summed E-state index contributed by atoms with van der Waals surface area (Å²) < 4.78 is 7.68. The third-order valence-corrected chi connectivity index (χ3v) is 7.26. The number of hydrogen-bond donors (Lipinski definition) is 2. The largest absolute Gasteiger partial charge is 0.457 e. The standard InChI is InChI=1S/C32H32N4O4/c1-20-5-14-29(17-21(20)2)40-28-15-12-27(13-16-28)35-19-25(18-30(35)37)31(38)33-26-10-8-24(9-11-26)32(39)34-36-22(3)6-7-23(36)4/h5-17,25H,18-19H2,1-4H3,(H,33,38)(H,34,39)/t25-/m1/s1. The summed E-state index contributed by atoms with van der Waals surface area (Å²) in [5.41, 5.74) is 8.83. The van der Waals surface area contributed by atoms with Crippen LogP contribution >= 0.6 is 0 Å². The number of amides is 3. The molecule has 2 N–H and O–H groups in total. The van der Waals surface area contributed by atoms with Crippen LogP contribution in [0, 0.1) is 33.6 Å². The van der Waals surface area contributed by atoms with Crippen LogP contribution in [0.3, 0.4) is 0 Å². The lowest BCUT2D eigenvalue weighted by atomic mass is 10.1. The number of benzene rings is 3. The zero-order valence-electron chi connectivity index (χ0n) is 23.0. The van der Waals surface area contributed by atoms with Gasteiger partial charge in [-0.3, -0.25) is 24.5 Å². The summed E-state index contributed by atoms with van der Waals surface area (Å²) in [6.45, 7) is 8.21. The van der Waals surface area contributed by atoms with Crippen LogP contribution < -0.4 is 20.4 Å². The third kappa shape index (κ3) is 5.76. The molecule has 0 spiro atoms. The second kappa shape index (κ2) is 11.1. The molecular formula is C32H32N4O4. The van der Waals surface area contributed by atoms with Crippen molar-refractivity contribution in [3.63, 3.8) is 0 Å². The average Bonchev–Trinajstić information content (AvgIpc) is 3.48. The highest BCUT2D eigenvalue weighted by Crippen LogP contribution is 2.30. The van der Waals surface area contributed by atoms with E-state index in [1.165, 1.54) is 5.56 Å². The number of aryl methyl sites for hydroxylation is 4. The van der Waals surface area contributed by atoms with E-state index in [-0.39, 0.29) is 30.7 Å². The monoisotopic (exact) mass is 536 g/mol. The minimum Gasteiger partial charge on any atom is -0.457 e. The van der Waals surface area contributed by atoms with Crippen molar-refractivity contribution in [2.75, 3.05) is 22.2 Å². The second-order valence-corrected chi connectivity index (χ2v) is 10.2. The van der Waals surface area contributed by atoms with E-state index in [2.05, 4.69) is 17.7 Å². The Balaban J connectivity index is 1.17. The molecule has 8 nitrogen and oxygen atoms in total. The average molecular weight is 537 g/mol. The smallest absolute Gasteiger partial charge is 0.270 e. The van der Waals surface area contributed by atoms with Crippen LogP contribution in [0.2, 0.25) is 0 Å². The van der Waals surface area contributed by atoms with Gasteiger partial charge in [0.1, 0.15) is 11.5 Å². The molecule has 0 unspecified atom stereocenters. The fraction of sp³-hybridized carbons (Fsp3) is 0.219. The maximum Gasteiger partial charge on any atom is 0.270 e. The van der Waals surface area contributed by atoms with Gasteiger partial charge in [0, 0.05) is 41.3 Å². The summed E-state index contributed by atoms with van der Waals surface area (Å²) in [7, 11) is 0. The predicted molar refractivity (Wildman–Crippen MR) is 156 cm³/mol. The van der Waals surface area contributed by atoms with Gasteiger partial charge in [0.25, 0.3) is 5.91 Å². The normalized spacial score (nSPS) is 14.8. The quantitative estimate of drug-likeness (QED) is 0.308. The molecule has 1 aromatic heterocycles. The van der Waals surface area contributed by atoms with Gasteiger partial charge < -0.3 is 15.0 Å². The van der Waals surface area contributed by atoms with E-state index in [4.69, 9.17) is 4.74 Å². The Hall–Kier alpha value is -4.85. The van der Waals surface area contributed by atoms with Crippen LogP contribution in [0.15, 0.2) is 78.9 Å². The number of nitrogens with one attached hydrogen (secondary N) is 2. The van der Waals surface area contributed by atoms with Crippen LogP contribution in [-0.4, -0.2) is 28.9 Å². The first-order valence-corrected chi connectivity index (χ1v) is 13.2. The van der Waals surface area contributed by atoms with Crippen molar-refractivity contribution < 1.29 is 19.1 Å². The predicted octanol–water partition coefficient (Wildman–Crippen LogP) is 5.89. The molecular weight excluding hydrogens is 504 g/mol. The maximum absolute atomic E-state index is 13.0. The fourth-order valence-corrected chi connectivity index (χ4v) is 4.70. The number of rotatable bonds is 7. The highest BCUT2D eigenvalue weighted by atomic mass is 16.5. The van der Waals surface area contributed by atoms with E-state index >= 15 is 0 Å². The summed E-state index contributed by atoms with van der Waals surface area (Å²) in [5.74, 6) is 0.351. The molecule has 5 rings (SSSR count). The first kappa shape index (κ1) is 26.7. The molecule has 1 fully saturated rings. The van der Waals surface area contributed by atoms with Crippen molar-refractivity contribution in [1.29, 1.82) is 0 Å². The summed E-state index contributed by atoms with van der Waals surface area (Å²) in [6.07, 6.45) is 0.128. The van der Waals surface area contributed by atoms with E-state index in [0.29, 0.717) is 17.0 Å². The molecule has 1 aliphatic rings. The van der Waals surface area contributed by atoms with Crippen molar-refractivity contribution in [1.82, 2.24) is 4.68 Å². The molecule has 1 aliphatic heterocycles. The molecule has 204 valence electrons. The van der Waals surface area contributed by atoms with Crippen LogP contribution in [0.1, 0.15) is 39.3 Å². The van der Waals surface area contributed by atoms with Crippen LogP contribution in [0.5, 0.6) is 11.5 Å². The molecule has 3 aromatic carbocycles. The Kier molecular flexibility index (Phi) is 7.42. The minimum absolute atomic E-state index is 0.106. The van der Waals surface area contributed by atoms with Crippen molar-refractivity contribution in [3.8, 4) is 11.5 Å². The maximum atomic E-state index is 13.0. The fourth-order valence-electron chi connectivity index (χ4n) is 4.70. The first-order chi connectivity index (χ1) is 19.2. The molecule has 3 amide bonds. The Labute approximate surface area is 233 Å². The molecule has 0 saturated carbocycles. The lowest BCUT2D eigenvalue weighted by molar-refractivity contribution is -0.122. The molecule has 1 saturated heterocycles. The van der Waals surface area contributed by atoms with Crippen LogP contribution in [0.4, 0.5) is 11.4 Å². The summed E-state index contributed by atoms with van der Waals surface area (Å²) in [6, 6.07) is 23.8. The Morgan fingerprint density at radius 3 is 2.10 bits per heavy atom. The number of hydrogen-bond acceptors (Lipinski definition) is 4. The van der Waals surface area contributed by atoms with Gasteiger partial charge in [0.05, 0.1) is 5.92 Å². The number of carbonyl (C=O) groups is 3. The molecule has 0 radical (unpaired) electrons. The van der Waals surface area contributed by atoms with Gasteiger partial charge in [0.15, 0.2) is 0 Å². The summed E-state index contributed by atoms with van der Waals surface area (Å²) >= 11 is 0. The lowest BCUT2D eigenvalue weighted by Gasteiger charge is -2.17. The Morgan fingerprint density at radius 2 is 1.45 bits per heavy atom. The van der Waals surface area contributed by atoms with E-state index in [0.717, 1.165) is 28.4 Å². The molecule has 0 aliphatic carbocycles. The molecule has 8 heteroatoms. The Morgan fingerprint density at radius 1 is 0.800 bits per heavy atom. The zero-order valence-corrected chi connectivity index (χ0v) is 23.0. The van der Waals surface area contributed by atoms with E-state index in [1.807, 2.05) is 75.4 Å². The number of aromatic nitrogens is 1. The van der Waals surface area contributed by atoms with Gasteiger partial charge in [-0.1, -0.05) is 6.07 Å². The topological polar surface area (TPSA) is 92.7 Å². The first-order valence-electron chi connectivity index (χ1n) is 13.2. The molecule has 40 heavy (non-hydrogen) atoms. The highest BCUT2D eigenvalue weighted by molar-refractivity contribution is 6.04. The molecule has 1 atom stereocenters. The molecule has 4 aromatic rings. The van der Waals surface area contributed by atoms with Gasteiger partial charge in [-0.2, -0.15) is 0 Å². The lowest BCUT2D eigenvalue weighted by Crippen LogP contribution is -2.28. The molecule has 2 heterocycles. The zero-order chi connectivity index (χ0) is 28.4. The number of nitrogens with zero attached hydrogens (tertiary/aromatic N) is 2. The van der Waals surface area contributed by atoms with Gasteiger partial charge in [-0.05, 0) is 112 Å². The van der Waals surface area contributed by atoms with Crippen molar-refractivity contribution in [3.05, 3.63) is 107 Å². The number of anilines is 2. The van der Waals surface area contributed by atoms with Crippen LogP contribution in [-0.2, 0) is 9.59 Å². The van der Waals surface area contributed by atoms with Gasteiger partial charge in [-0.15, -0.1) is 0 Å². The Bertz CT molecular complexity index is 1550. The summed E-state index contributed by atoms with van der Waals surface area (Å²) in [5, 5.41) is 2.88. The second-order valence-electron chi connectivity index (χ2n) is 10.2. The van der Waals surface area contributed by atoms with Crippen LogP contribution in [0.25, 0.3) is 0 Å². The van der Waals surface area contributed by atoms with E-state index < -0.39 is 5.92 Å². The van der Waals surface area contributed by atoms with Crippen molar-refractivity contribution >= 4 is 29.1 Å². The molecule has 0 bridgehead atoms. The summed E-state index contributed by atoms with van der Waals surface area (Å²) in [4.78, 5) is 40.0. The van der Waals surface area contributed by atoms with Gasteiger partial charge >= 0.3 is 0 Å². The SMILES string of the molecule is Cc1ccc(Oc2ccc(N3C[C@H](C(=O)Nc4ccc(C(=O)Nn5c(C)ccc5C)cc4)CC3=O)cc2)cc1C. The number of ether oxygens (including phenoxy) is 1. The minimum atomic E-state index is -0.485. The third-order valence-electron chi connectivity index (χ3n) is 7.26. The van der Waals surface area contributed by atoms with Crippen molar-refractivity contribution in [2.24, 2.45) is 5.92 Å². The van der Waals surface area contributed by atoms with Gasteiger partial charge in [0.2, 0.25) is 11.8 Å². The van der Waals surface area contributed by atoms with Crippen molar-refractivity contribution in [2.45, 2.75) is 34.1 Å².